The lowest BCUT2D eigenvalue weighted by Crippen LogP contribution is -2.39. The predicted molar refractivity (Wildman–Crippen MR) is 120 cm³/mol. The van der Waals surface area contributed by atoms with E-state index in [1.165, 1.54) is 11.3 Å². The number of nitrogens with zero attached hydrogens (tertiary/aromatic N) is 3. The molecule has 0 saturated heterocycles. The van der Waals surface area contributed by atoms with Gasteiger partial charge in [0.15, 0.2) is 5.13 Å². The van der Waals surface area contributed by atoms with Gasteiger partial charge in [0.05, 0.1) is 22.9 Å². The number of carbonyl (C=O) groups is 1. The Morgan fingerprint density at radius 2 is 1.89 bits per heavy atom. The van der Waals surface area contributed by atoms with Gasteiger partial charge >= 0.3 is 0 Å². The molecule has 1 aromatic heterocycles. The highest BCUT2D eigenvalue weighted by molar-refractivity contribution is 9.10. The van der Waals surface area contributed by atoms with Crippen LogP contribution in [0.25, 0.3) is 10.2 Å². The second kappa shape index (κ2) is 9.49. The van der Waals surface area contributed by atoms with Crippen molar-refractivity contribution in [2.24, 2.45) is 0 Å². The standard InChI is InChI=1S/C21H24BrN3O2S/c1-4-24(5-2)12-13-25(20(26)16-8-6-7-9-18(16)27-3)21-23-17-11-10-15(22)14-19(17)28-21/h6-11,14H,4-5,12-13H2,1-3H3. The molecule has 2 aromatic carbocycles. The molecule has 0 bridgehead atoms. The number of amides is 1. The molecule has 1 heterocycles. The minimum atomic E-state index is -0.0947. The molecule has 0 fully saturated rings. The van der Waals surface area contributed by atoms with E-state index in [0.717, 1.165) is 34.3 Å². The Morgan fingerprint density at radius 1 is 1.14 bits per heavy atom. The number of fused-ring (bicyclic) bond motifs is 1. The first-order valence-electron chi connectivity index (χ1n) is 9.30. The van der Waals surface area contributed by atoms with Gasteiger partial charge in [-0.2, -0.15) is 0 Å². The van der Waals surface area contributed by atoms with Crippen molar-refractivity contribution in [3.63, 3.8) is 0 Å². The third kappa shape index (κ3) is 4.54. The molecule has 0 unspecified atom stereocenters. The fraction of sp³-hybridized carbons (Fsp3) is 0.333. The van der Waals surface area contributed by atoms with E-state index in [1.807, 2.05) is 36.4 Å². The van der Waals surface area contributed by atoms with E-state index < -0.39 is 0 Å². The summed E-state index contributed by atoms with van der Waals surface area (Å²) in [5, 5.41) is 0.705. The van der Waals surface area contributed by atoms with E-state index in [-0.39, 0.29) is 5.91 Å². The molecule has 28 heavy (non-hydrogen) atoms. The Hall–Kier alpha value is -1.96. The summed E-state index contributed by atoms with van der Waals surface area (Å²) in [6.07, 6.45) is 0. The van der Waals surface area contributed by atoms with Crippen molar-refractivity contribution < 1.29 is 9.53 Å². The molecule has 0 radical (unpaired) electrons. The lowest BCUT2D eigenvalue weighted by Gasteiger charge is -2.25. The second-order valence-corrected chi connectivity index (χ2v) is 8.22. The third-order valence-corrected chi connectivity index (χ3v) is 6.22. The lowest BCUT2D eigenvalue weighted by molar-refractivity contribution is 0.0981. The highest BCUT2D eigenvalue weighted by atomic mass is 79.9. The number of aromatic nitrogens is 1. The first-order chi connectivity index (χ1) is 13.6. The predicted octanol–water partition coefficient (Wildman–Crippen LogP) is 5.06. The Bertz CT molecular complexity index is 956. The molecular formula is C21H24BrN3O2S. The summed E-state index contributed by atoms with van der Waals surface area (Å²) in [7, 11) is 1.58. The molecule has 1 amide bonds. The van der Waals surface area contributed by atoms with E-state index in [2.05, 4.69) is 34.7 Å². The minimum Gasteiger partial charge on any atom is -0.496 e. The van der Waals surface area contributed by atoms with Crippen molar-refractivity contribution in [2.75, 3.05) is 38.2 Å². The number of benzene rings is 2. The molecule has 5 nitrogen and oxygen atoms in total. The van der Waals surface area contributed by atoms with E-state index in [4.69, 9.17) is 9.72 Å². The topological polar surface area (TPSA) is 45.7 Å². The van der Waals surface area contributed by atoms with Crippen molar-refractivity contribution in [3.8, 4) is 5.75 Å². The second-order valence-electron chi connectivity index (χ2n) is 6.29. The van der Waals surface area contributed by atoms with Gasteiger partial charge in [-0.15, -0.1) is 0 Å². The molecule has 0 saturated carbocycles. The Balaban J connectivity index is 1.99. The van der Waals surface area contributed by atoms with Crippen molar-refractivity contribution in [3.05, 3.63) is 52.5 Å². The SMILES string of the molecule is CCN(CC)CCN(C(=O)c1ccccc1OC)c1nc2ccc(Br)cc2s1. The normalized spacial score (nSPS) is 11.2. The fourth-order valence-electron chi connectivity index (χ4n) is 3.03. The lowest BCUT2D eigenvalue weighted by atomic mass is 10.1. The summed E-state index contributed by atoms with van der Waals surface area (Å²) >= 11 is 5.03. The van der Waals surface area contributed by atoms with Gasteiger partial charge < -0.3 is 9.64 Å². The van der Waals surface area contributed by atoms with Crippen LogP contribution in [0.5, 0.6) is 5.75 Å². The summed E-state index contributed by atoms with van der Waals surface area (Å²) in [6.45, 7) is 7.50. The van der Waals surface area contributed by atoms with Gasteiger partial charge in [0.2, 0.25) is 0 Å². The Labute approximate surface area is 178 Å². The molecule has 3 rings (SSSR count). The molecular weight excluding hydrogens is 438 g/mol. The quantitative estimate of drug-likeness (QED) is 0.470. The average molecular weight is 462 g/mol. The number of likely N-dealkylation sites (N-methyl/N-ethyl adjacent to an activating group) is 1. The Kier molecular flexibility index (Phi) is 7.04. The molecule has 0 atom stereocenters. The van der Waals surface area contributed by atoms with Crippen molar-refractivity contribution in [2.45, 2.75) is 13.8 Å². The van der Waals surface area contributed by atoms with Gasteiger partial charge in [-0.3, -0.25) is 9.69 Å². The van der Waals surface area contributed by atoms with Crippen LogP contribution in [0.15, 0.2) is 46.9 Å². The maximum Gasteiger partial charge on any atom is 0.263 e. The number of halogens is 1. The molecule has 7 heteroatoms. The zero-order valence-electron chi connectivity index (χ0n) is 16.3. The number of ether oxygens (including phenoxy) is 1. The summed E-state index contributed by atoms with van der Waals surface area (Å²) in [5.41, 5.74) is 1.44. The average Bonchev–Trinajstić information content (AvgIpc) is 3.13. The number of methoxy groups -OCH3 is 1. The van der Waals surface area contributed by atoms with Gasteiger partial charge in [0.1, 0.15) is 5.75 Å². The van der Waals surface area contributed by atoms with Crippen molar-refractivity contribution >= 4 is 48.5 Å². The third-order valence-electron chi connectivity index (χ3n) is 4.69. The van der Waals surface area contributed by atoms with E-state index in [9.17, 15) is 4.79 Å². The minimum absolute atomic E-state index is 0.0947. The van der Waals surface area contributed by atoms with Crippen molar-refractivity contribution in [1.29, 1.82) is 0 Å². The van der Waals surface area contributed by atoms with Crippen LogP contribution in [0, 0.1) is 0 Å². The van der Waals surface area contributed by atoms with Crippen LogP contribution < -0.4 is 9.64 Å². The van der Waals surface area contributed by atoms with E-state index in [1.54, 1.807) is 18.1 Å². The van der Waals surface area contributed by atoms with Crippen LogP contribution in [0.3, 0.4) is 0 Å². The monoisotopic (exact) mass is 461 g/mol. The van der Waals surface area contributed by atoms with Crippen LogP contribution in [-0.4, -0.2) is 49.1 Å². The molecule has 0 aliphatic carbocycles. The van der Waals surface area contributed by atoms with Crippen LogP contribution in [0.1, 0.15) is 24.2 Å². The highest BCUT2D eigenvalue weighted by Gasteiger charge is 2.24. The summed E-state index contributed by atoms with van der Waals surface area (Å²) in [6, 6.07) is 13.3. The van der Waals surface area contributed by atoms with Gasteiger partial charge in [0.25, 0.3) is 5.91 Å². The van der Waals surface area contributed by atoms with Crippen LogP contribution in [0.4, 0.5) is 5.13 Å². The first-order valence-corrected chi connectivity index (χ1v) is 10.9. The summed E-state index contributed by atoms with van der Waals surface area (Å²) in [4.78, 5) is 22.2. The van der Waals surface area contributed by atoms with Gasteiger partial charge in [-0.1, -0.05) is 53.2 Å². The van der Waals surface area contributed by atoms with E-state index in [0.29, 0.717) is 23.0 Å². The maximum absolute atomic E-state index is 13.4. The zero-order valence-corrected chi connectivity index (χ0v) is 18.7. The van der Waals surface area contributed by atoms with Gasteiger partial charge in [-0.25, -0.2) is 4.98 Å². The molecule has 3 aromatic rings. The fourth-order valence-corrected chi connectivity index (χ4v) is 4.58. The van der Waals surface area contributed by atoms with Gasteiger partial charge in [-0.05, 0) is 43.4 Å². The molecule has 0 N–H and O–H groups in total. The number of hydrogen-bond donors (Lipinski definition) is 0. The number of thiazole rings is 1. The van der Waals surface area contributed by atoms with Crippen LogP contribution in [0.2, 0.25) is 0 Å². The molecule has 0 aliphatic rings. The molecule has 0 spiro atoms. The van der Waals surface area contributed by atoms with E-state index >= 15 is 0 Å². The largest absolute Gasteiger partial charge is 0.496 e. The molecule has 148 valence electrons. The first kappa shape index (κ1) is 20.8. The van der Waals surface area contributed by atoms with Crippen molar-refractivity contribution in [1.82, 2.24) is 9.88 Å². The number of carbonyl (C=O) groups excluding carboxylic acids is 1. The maximum atomic E-state index is 13.4. The number of hydrogen-bond acceptors (Lipinski definition) is 5. The summed E-state index contributed by atoms with van der Waals surface area (Å²) in [5.74, 6) is 0.479. The smallest absolute Gasteiger partial charge is 0.263 e. The number of para-hydroxylation sites is 1. The Morgan fingerprint density at radius 3 is 2.61 bits per heavy atom. The van der Waals surface area contributed by atoms with Gasteiger partial charge in [0, 0.05) is 17.6 Å². The summed E-state index contributed by atoms with van der Waals surface area (Å²) < 4.78 is 7.46. The van der Waals surface area contributed by atoms with Crippen LogP contribution >= 0.6 is 27.3 Å². The molecule has 0 aliphatic heterocycles. The van der Waals surface area contributed by atoms with Crippen LogP contribution in [-0.2, 0) is 0 Å². The number of anilines is 1. The number of rotatable bonds is 8. The highest BCUT2D eigenvalue weighted by Crippen LogP contribution is 2.32. The zero-order chi connectivity index (χ0) is 20.1.